The van der Waals surface area contributed by atoms with Gasteiger partial charge in [-0.3, -0.25) is 0 Å². The van der Waals surface area contributed by atoms with Crippen LogP contribution in [0, 0.1) is 5.92 Å². The molecule has 0 spiro atoms. The molecule has 6 nitrogen and oxygen atoms in total. The number of carbonyl (C=O) groups is 2. The maximum Gasteiger partial charge on any atom is 0.338 e. The number of carbonyl (C=O) groups excluding carboxylic acids is 2. The summed E-state index contributed by atoms with van der Waals surface area (Å²) in [5.74, 6) is 0.905. The number of hydrogen-bond acceptors (Lipinski definition) is 4. The Hall–Kier alpha value is -3.28. The zero-order chi connectivity index (χ0) is 22.5. The fourth-order valence-corrected chi connectivity index (χ4v) is 4.41. The number of benzene rings is 2. The lowest BCUT2D eigenvalue weighted by Crippen LogP contribution is -2.45. The third-order valence-electron chi connectivity index (χ3n) is 6.11. The van der Waals surface area contributed by atoms with Crippen LogP contribution in [0.15, 0.2) is 65.9 Å². The molecule has 0 aromatic heterocycles. The van der Waals surface area contributed by atoms with E-state index in [1.165, 1.54) is 6.42 Å². The third-order valence-corrected chi connectivity index (χ3v) is 6.11. The number of hydrogen-bond donors (Lipinski definition) is 2. The molecular weight excluding hydrogens is 404 g/mol. The molecule has 0 bridgehead atoms. The van der Waals surface area contributed by atoms with Crippen LogP contribution in [0.3, 0.4) is 0 Å². The number of esters is 1. The SMILES string of the molecule is CC1=C(C(=O)O[C@H]2CCC[C@H](C)C2)[C@@H](c2ccc(OCc3ccccc3)cc2)NC(=O)N1. The molecule has 4 rings (SSSR count). The molecule has 6 heteroatoms. The van der Waals surface area contributed by atoms with Crippen LogP contribution < -0.4 is 15.4 Å². The Kier molecular flexibility index (Phi) is 6.78. The molecule has 2 aromatic carbocycles. The largest absolute Gasteiger partial charge is 0.489 e. The summed E-state index contributed by atoms with van der Waals surface area (Å²) in [7, 11) is 0. The van der Waals surface area contributed by atoms with Crippen molar-refractivity contribution in [3.63, 3.8) is 0 Å². The lowest BCUT2D eigenvalue weighted by Gasteiger charge is -2.31. The highest BCUT2D eigenvalue weighted by Crippen LogP contribution is 2.31. The number of nitrogens with one attached hydrogen (secondary N) is 2. The molecule has 32 heavy (non-hydrogen) atoms. The van der Waals surface area contributed by atoms with E-state index >= 15 is 0 Å². The van der Waals surface area contributed by atoms with E-state index in [0.717, 1.165) is 36.1 Å². The molecule has 1 heterocycles. The average molecular weight is 435 g/mol. The Morgan fingerprint density at radius 1 is 1.06 bits per heavy atom. The van der Waals surface area contributed by atoms with Gasteiger partial charge in [0, 0.05) is 5.70 Å². The van der Waals surface area contributed by atoms with Gasteiger partial charge in [-0.25, -0.2) is 9.59 Å². The predicted molar refractivity (Wildman–Crippen MR) is 122 cm³/mol. The van der Waals surface area contributed by atoms with Crippen molar-refractivity contribution in [3.8, 4) is 5.75 Å². The van der Waals surface area contributed by atoms with E-state index in [4.69, 9.17) is 9.47 Å². The minimum atomic E-state index is -0.569. The minimum absolute atomic E-state index is 0.0707. The van der Waals surface area contributed by atoms with Crippen LogP contribution in [0.5, 0.6) is 5.75 Å². The van der Waals surface area contributed by atoms with Crippen LogP contribution in [0.1, 0.15) is 56.7 Å². The van der Waals surface area contributed by atoms with Crippen LogP contribution in [-0.2, 0) is 16.1 Å². The van der Waals surface area contributed by atoms with E-state index in [2.05, 4.69) is 17.6 Å². The van der Waals surface area contributed by atoms with Crippen molar-refractivity contribution in [2.45, 2.75) is 58.3 Å². The molecule has 0 saturated heterocycles. The van der Waals surface area contributed by atoms with Crippen LogP contribution in [-0.4, -0.2) is 18.1 Å². The molecule has 1 aliphatic carbocycles. The first-order valence-corrected chi connectivity index (χ1v) is 11.3. The maximum absolute atomic E-state index is 13.1. The van der Waals surface area contributed by atoms with Gasteiger partial charge in [0.1, 0.15) is 18.5 Å². The van der Waals surface area contributed by atoms with Crippen molar-refractivity contribution < 1.29 is 19.1 Å². The molecule has 1 fully saturated rings. The zero-order valence-electron chi connectivity index (χ0n) is 18.6. The fraction of sp³-hybridized carbons (Fsp3) is 0.385. The van der Waals surface area contributed by atoms with Gasteiger partial charge in [0.15, 0.2) is 0 Å². The van der Waals surface area contributed by atoms with Gasteiger partial charge in [-0.05, 0) is 55.4 Å². The van der Waals surface area contributed by atoms with Crippen LogP contribution in [0.2, 0.25) is 0 Å². The molecule has 1 saturated carbocycles. The van der Waals surface area contributed by atoms with Crippen molar-refractivity contribution in [1.82, 2.24) is 10.6 Å². The van der Waals surface area contributed by atoms with E-state index in [9.17, 15) is 9.59 Å². The third kappa shape index (κ3) is 5.31. The molecule has 0 radical (unpaired) electrons. The molecule has 0 unspecified atom stereocenters. The number of ether oxygens (including phenoxy) is 2. The van der Waals surface area contributed by atoms with Crippen molar-refractivity contribution in [2.24, 2.45) is 5.92 Å². The fourth-order valence-electron chi connectivity index (χ4n) is 4.41. The number of urea groups is 1. The van der Waals surface area contributed by atoms with E-state index < -0.39 is 6.04 Å². The molecule has 3 atom stereocenters. The average Bonchev–Trinajstić information content (AvgIpc) is 2.78. The van der Waals surface area contributed by atoms with Crippen molar-refractivity contribution >= 4 is 12.0 Å². The molecule has 2 N–H and O–H groups in total. The van der Waals surface area contributed by atoms with Gasteiger partial charge < -0.3 is 20.1 Å². The molecule has 2 aromatic rings. The van der Waals surface area contributed by atoms with E-state index in [1.807, 2.05) is 54.6 Å². The number of rotatable bonds is 6. The predicted octanol–water partition coefficient (Wildman–Crippen LogP) is 5.02. The molecule has 2 amide bonds. The lowest BCUT2D eigenvalue weighted by atomic mass is 9.88. The second-order valence-electron chi connectivity index (χ2n) is 8.71. The first-order valence-electron chi connectivity index (χ1n) is 11.3. The Balaban J connectivity index is 1.48. The highest BCUT2D eigenvalue weighted by molar-refractivity contribution is 5.95. The first-order chi connectivity index (χ1) is 15.5. The topological polar surface area (TPSA) is 76.7 Å². The van der Waals surface area contributed by atoms with E-state index in [-0.39, 0.29) is 18.1 Å². The van der Waals surface area contributed by atoms with Crippen molar-refractivity contribution in [3.05, 3.63) is 77.0 Å². The lowest BCUT2D eigenvalue weighted by molar-refractivity contribution is -0.146. The molecule has 168 valence electrons. The van der Waals surface area contributed by atoms with Gasteiger partial charge in [0.05, 0.1) is 11.6 Å². The van der Waals surface area contributed by atoms with Gasteiger partial charge in [0.25, 0.3) is 0 Å². The molecular formula is C26H30N2O4. The number of allylic oxidation sites excluding steroid dienone is 1. The van der Waals surface area contributed by atoms with Crippen molar-refractivity contribution in [1.29, 1.82) is 0 Å². The highest BCUT2D eigenvalue weighted by atomic mass is 16.5. The normalized spacial score (nSPS) is 23.2. The minimum Gasteiger partial charge on any atom is -0.489 e. The summed E-state index contributed by atoms with van der Waals surface area (Å²) in [6.07, 6.45) is 3.95. The number of amides is 2. The molecule has 1 aliphatic heterocycles. The maximum atomic E-state index is 13.1. The van der Waals surface area contributed by atoms with E-state index in [0.29, 0.717) is 23.8 Å². The Labute approximate surface area is 189 Å². The summed E-state index contributed by atoms with van der Waals surface area (Å²) in [6, 6.07) is 16.5. The highest BCUT2D eigenvalue weighted by Gasteiger charge is 2.34. The summed E-state index contributed by atoms with van der Waals surface area (Å²) in [6.45, 7) is 4.40. The summed E-state index contributed by atoms with van der Waals surface area (Å²) in [4.78, 5) is 25.3. The second-order valence-corrected chi connectivity index (χ2v) is 8.71. The molecule has 2 aliphatic rings. The van der Waals surface area contributed by atoms with Gasteiger partial charge >= 0.3 is 12.0 Å². The second kappa shape index (κ2) is 9.90. The summed E-state index contributed by atoms with van der Waals surface area (Å²) in [5.41, 5.74) is 2.86. The summed E-state index contributed by atoms with van der Waals surface area (Å²) < 4.78 is 11.7. The van der Waals surface area contributed by atoms with Crippen LogP contribution in [0.25, 0.3) is 0 Å². The van der Waals surface area contributed by atoms with Gasteiger partial charge in [0.2, 0.25) is 0 Å². The smallest absolute Gasteiger partial charge is 0.338 e. The summed E-state index contributed by atoms with van der Waals surface area (Å²) >= 11 is 0. The van der Waals surface area contributed by atoms with Crippen molar-refractivity contribution in [2.75, 3.05) is 0 Å². The quantitative estimate of drug-likeness (QED) is 0.626. The summed E-state index contributed by atoms with van der Waals surface area (Å²) in [5, 5.41) is 5.58. The van der Waals surface area contributed by atoms with E-state index in [1.54, 1.807) is 6.92 Å². The Morgan fingerprint density at radius 2 is 1.81 bits per heavy atom. The standard InChI is InChI=1S/C26H30N2O4/c1-17-7-6-10-22(15-17)32-25(29)23-18(2)27-26(30)28-24(23)20-11-13-21(14-12-20)31-16-19-8-4-3-5-9-19/h3-5,8-9,11-14,17,22,24H,6-7,10,15-16H2,1-2H3,(H2,27,28,30)/t17-,22-,24+/m0/s1. The van der Waals surface area contributed by atoms with Crippen LogP contribution in [0.4, 0.5) is 4.79 Å². The van der Waals surface area contributed by atoms with Crippen LogP contribution >= 0.6 is 0 Å². The first kappa shape index (κ1) is 21.9. The monoisotopic (exact) mass is 434 g/mol. The Bertz CT molecular complexity index is 985. The zero-order valence-corrected chi connectivity index (χ0v) is 18.6. The Morgan fingerprint density at radius 3 is 2.53 bits per heavy atom. The van der Waals surface area contributed by atoms with Gasteiger partial charge in [-0.15, -0.1) is 0 Å². The van der Waals surface area contributed by atoms with Gasteiger partial charge in [-0.1, -0.05) is 55.8 Å². The van der Waals surface area contributed by atoms with Gasteiger partial charge in [-0.2, -0.15) is 0 Å².